The minimum Gasteiger partial charge on any atom is -0.325 e. The van der Waals surface area contributed by atoms with Crippen LogP contribution in [0.1, 0.15) is 12.5 Å². The quantitative estimate of drug-likeness (QED) is 0.872. The summed E-state index contributed by atoms with van der Waals surface area (Å²) in [5.74, 6) is -0.223. The smallest absolute Gasteiger partial charge is 0.228 e. The zero-order valence-corrected chi connectivity index (χ0v) is 11.0. The van der Waals surface area contributed by atoms with Crippen LogP contribution in [0.2, 0.25) is 0 Å². The van der Waals surface area contributed by atoms with Gasteiger partial charge >= 0.3 is 0 Å². The first-order chi connectivity index (χ1) is 7.58. The van der Waals surface area contributed by atoms with Gasteiger partial charge in [-0.3, -0.25) is 4.79 Å². The lowest BCUT2D eigenvalue weighted by Crippen LogP contribution is -2.21. The molecule has 0 radical (unpaired) electrons. The summed E-state index contributed by atoms with van der Waals surface area (Å²) in [6.45, 7) is 1.73. The minimum absolute atomic E-state index is 0.190. The van der Waals surface area contributed by atoms with Crippen LogP contribution >= 0.6 is 27.5 Å². The van der Waals surface area contributed by atoms with Gasteiger partial charge in [0, 0.05) is 16.3 Å². The highest BCUT2D eigenvalue weighted by Gasteiger charge is 2.13. The molecule has 1 aromatic rings. The van der Waals surface area contributed by atoms with E-state index in [-0.39, 0.29) is 17.7 Å². The third kappa shape index (κ3) is 3.22. The molecule has 1 aromatic carbocycles. The first-order valence-electron chi connectivity index (χ1n) is 4.65. The van der Waals surface area contributed by atoms with Gasteiger partial charge in [0.05, 0.1) is 11.3 Å². The SMILES string of the molecule is CC(CCl)C(=O)Nc1cc(Br)ccc1C#N. The average Bonchev–Trinajstić information content (AvgIpc) is 2.28. The van der Waals surface area contributed by atoms with Gasteiger partial charge in [-0.05, 0) is 18.2 Å². The van der Waals surface area contributed by atoms with Crippen molar-refractivity contribution < 1.29 is 4.79 Å². The molecule has 0 aliphatic heterocycles. The van der Waals surface area contributed by atoms with Crippen molar-refractivity contribution in [2.24, 2.45) is 5.92 Å². The number of benzene rings is 1. The third-order valence-electron chi connectivity index (χ3n) is 2.04. The van der Waals surface area contributed by atoms with Crippen LogP contribution in [0.5, 0.6) is 0 Å². The van der Waals surface area contributed by atoms with Gasteiger partial charge in [0.15, 0.2) is 0 Å². The summed E-state index contributed by atoms with van der Waals surface area (Å²) in [6.07, 6.45) is 0. The van der Waals surface area contributed by atoms with E-state index < -0.39 is 0 Å². The molecule has 0 aliphatic rings. The largest absolute Gasteiger partial charge is 0.325 e. The molecule has 0 bridgehead atoms. The summed E-state index contributed by atoms with van der Waals surface area (Å²) in [5, 5.41) is 11.6. The van der Waals surface area contributed by atoms with Gasteiger partial charge in [-0.25, -0.2) is 0 Å². The molecule has 5 heteroatoms. The Bertz CT molecular complexity index is 442. The van der Waals surface area contributed by atoms with Gasteiger partial charge in [-0.1, -0.05) is 22.9 Å². The van der Waals surface area contributed by atoms with E-state index in [0.29, 0.717) is 11.3 Å². The standard InChI is InChI=1S/C11H10BrClN2O/c1-7(5-13)11(16)15-10-4-9(12)3-2-8(10)6-14/h2-4,7H,5H2,1H3,(H,15,16). The number of nitrogens with zero attached hydrogens (tertiary/aromatic N) is 1. The lowest BCUT2D eigenvalue weighted by Gasteiger charge is -2.10. The molecule has 0 saturated heterocycles. The lowest BCUT2D eigenvalue weighted by atomic mass is 10.1. The van der Waals surface area contributed by atoms with Gasteiger partial charge in [0.1, 0.15) is 6.07 Å². The van der Waals surface area contributed by atoms with Crippen molar-refractivity contribution in [2.45, 2.75) is 6.92 Å². The molecular weight excluding hydrogens is 291 g/mol. The van der Waals surface area contributed by atoms with E-state index in [1.165, 1.54) is 0 Å². The number of nitrogens with one attached hydrogen (secondary N) is 1. The van der Waals surface area contributed by atoms with E-state index in [2.05, 4.69) is 21.2 Å². The topological polar surface area (TPSA) is 52.9 Å². The molecule has 1 unspecified atom stereocenters. The number of alkyl halides is 1. The zero-order valence-electron chi connectivity index (χ0n) is 8.63. The second kappa shape index (κ2) is 5.88. The number of hydrogen-bond donors (Lipinski definition) is 1. The first kappa shape index (κ1) is 13.0. The van der Waals surface area contributed by atoms with Crippen LogP contribution in [0.15, 0.2) is 22.7 Å². The Balaban J connectivity index is 2.92. The molecule has 0 saturated carbocycles. The molecule has 0 aliphatic carbocycles. The summed E-state index contributed by atoms with van der Waals surface area (Å²) < 4.78 is 0.806. The maximum absolute atomic E-state index is 11.6. The van der Waals surface area contributed by atoms with Crippen LogP contribution < -0.4 is 5.32 Å². The van der Waals surface area contributed by atoms with Crippen LogP contribution in [0.25, 0.3) is 0 Å². The highest BCUT2D eigenvalue weighted by Crippen LogP contribution is 2.21. The first-order valence-corrected chi connectivity index (χ1v) is 5.97. The number of halogens is 2. The molecule has 1 amide bonds. The van der Waals surface area contributed by atoms with Crippen LogP contribution in [-0.4, -0.2) is 11.8 Å². The van der Waals surface area contributed by atoms with E-state index in [9.17, 15) is 4.79 Å². The van der Waals surface area contributed by atoms with Crippen molar-refractivity contribution in [3.63, 3.8) is 0 Å². The molecule has 1 rings (SSSR count). The van der Waals surface area contributed by atoms with E-state index >= 15 is 0 Å². The van der Waals surface area contributed by atoms with E-state index in [1.54, 1.807) is 25.1 Å². The normalized spacial score (nSPS) is 11.6. The second-order valence-electron chi connectivity index (χ2n) is 3.35. The maximum atomic E-state index is 11.6. The Morgan fingerprint density at radius 2 is 2.38 bits per heavy atom. The molecule has 0 heterocycles. The summed E-state index contributed by atoms with van der Waals surface area (Å²) in [5.41, 5.74) is 0.928. The highest BCUT2D eigenvalue weighted by atomic mass is 79.9. The Morgan fingerprint density at radius 1 is 1.69 bits per heavy atom. The van der Waals surface area contributed by atoms with Gasteiger partial charge in [-0.2, -0.15) is 5.26 Å². The Hall–Kier alpha value is -1.05. The van der Waals surface area contributed by atoms with Crippen LogP contribution in [-0.2, 0) is 4.79 Å². The molecule has 84 valence electrons. The third-order valence-corrected chi connectivity index (χ3v) is 3.00. The summed E-state index contributed by atoms with van der Waals surface area (Å²) >= 11 is 8.87. The number of carbonyl (C=O) groups excluding carboxylic acids is 1. The Labute approximate surface area is 108 Å². The minimum atomic E-state index is -0.285. The number of carbonyl (C=O) groups is 1. The number of hydrogen-bond acceptors (Lipinski definition) is 2. The van der Waals surface area contributed by atoms with Crippen molar-refractivity contribution in [1.29, 1.82) is 5.26 Å². The van der Waals surface area contributed by atoms with Crippen molar-refractivity contribution in [3.05, 3.63) is 28.2 Å². The molecule has 1 atom stereocenters. The van der Waals surface area contributed by atoms with Crippen molar-refractivity contribution >= 4 is 39.1 Å². The van der Waals surface area contributed by atoms with Crippen LogP contribution in [0.4, 0.5) is 5.69 Å². The lowest BCUT2D eigenvalue weighted by molar-refractivity contribution is -0.118. The van der Waals surface area contributed by atoms with Gasteiger partial charge in [0.25, 0.3) is 0 Å². The molecule has 0 spiro atoms. The predicted octanol–water partition coefficient (Wildman–Crippen LogP) is 3.13. The van der Waals surface area contributed by atoms with Crippen molar-refractivity contribution in [1.82, 2.24) is 0 Å². The van der Waals surface area contributed by atoms with Crippen LogP contribution in [0, 0.1) is 17.2 Å². The van der Waals surface area contributed by atoms with Gasteiger partial charge < -0.3 is 5.32 Å². The molecule has 0 fully saturated rings. The maximum Gasteiger partial charge on any atom is 0.228 e. The predicted molar refractivity (Wildman–Crippen MR) is 67.4 cm³/mol. The summed E-state index contributed by atoms with van der Waals surface area (Å²) in [4.78, 5) is 11.6. The number of nitriles is 1. The van der Waals surface area contributed by atoms with E-state index in [1.807, 2.05) is 6.07 Å². The number of anilines is 1. The van der Waals surface area contributed by atoms with Crippen molar-refractivity contribution in [2.75, 3.05) is 11.2 Å². The molecule has 0 aromatic heterocycles. The monoisotopic (exact) mass is 300 g/mol. The highest BCUT2D eigenvalue weighted by molar-refractivity contribution is 9.10. The van der Waals surface area contributed by atoms with E-state index in [4.69, 9.17) is 16.9 Å². The summed E-state index contributed by atoms with van der Waals surface area (Å²) in [7, 11) is 0. The fourth-order valence-electron chi connectivity index (χ4n) is 1.04. The Morgan fingerprint density at radius 3 is 2.94 bits per heavy atom. The number of rotatable bonds is 3. The molecule has 1 N–H and O–H groups in total. The van der Waals surface area contributed by atoms with Gasteiger partial charge in [-0.15, -0.1) is 11.6 Å². The molecule has 16 heavy (non-hydrogen) atoms. The molecular formula is C11H10BrClN2O. The second-order valence-corrected chi connectivity index (χ2v) is 4.57. The zero-order chi connectivity index (χ0) is 12.1. The summed E-state index contributed by atoms with van der Waals surface area (Å²) in [6, 6.07) is 7.10. The van der Waals surface area contributed by atoms with Gasteiger partial charge in [0.2, 0.25) is 5.91 Å². The average molecular weight is 302 g/mol. The van der Waals surface area contributed by atoms with Crippen molar-refractivity contribution in [3.8, 4) is 6.07 Å². The number of amides is 1. The van der Waals surface area contributed by atoms with Crippen LogP contribution in [0.3, 0.4) is 0 Å². The molecule has 3 nitrogen and oxygen atoms in total. The fourth-order valence-corrected chi connectivity index (χ4v) is 1.54. The fraction of sp³-hybridized carbons (Fsp3) is 0.273. The van der Waals surface area contributed by atoms with E-state index in [0.717, 1.165) is 4.47 Å². The Kier molecular flexibility index (Phi) is 4.78.